The molecule has 1 heterocycles. The SMILES string of the molecule is Cn1nccc1CCSCC(C)(C)N. The van der Waals surface area contributed by atoms with Crippen LogP contribution in [0, 0.1) is 0 Å². The van der Waals surface area contributed by atoms with Crippen molar-refractivity contribution in [3.8, 4) is 0 Å². The molecule has 0 amide bonds. The highest BCUT2D eigenvalue weighted by molar-refractivity contribution is 7.99. The Morgan fingerprint density at radius 2 is 2.29 bits per heavy atom. The summed E-state index contributed by atoms with van der Waals surface area (Å²) in [5.41, 5.74) is 7.11. The van der Waals surface area contributed by atoms with Gasteiger partial charge in [-0.1, -0.05) is 0 Å². The Balaban J connectivity index is 2.20. The van der Waals surface area contributed by atoms with Crippen LogP contribution in [-0.2, 0) is 13.5 Å². The third kappa shape index (κ3) is 4.15. The van der Waals surface area contributed by atoms with Crippen molar-refractivity contribution in [2.45, 2.75) is 25.8 Å². The zero-order valence-electron chi connectivity index (χ0n) is 9.16. The van der Waals surface area contributed by atoms with Gasteiger partial charge in [0, 0.05) is 30.2 Å². The van der Waals surface area contributed by atoms with Crippen LogP contribution in [0.4, 0.5) is 0 Å². The van der Waals surface area contributed by atoms with Gasteiger partial charge in [0.1, 0.15) is 0 Å². The van der Waals surface area contributed by atoms with Crippen molar-refractivity contribution in [3.05, 3.63) is 18.0 Å². The average Bonchev–Trinajstić information content (AvgIpc) is 2.44. The van der Waals surface area contributed by atoms with Crippen molar-refractivity contribution in [2.24, 2.45) is 12.8 Å². The number of hydrogen-bond acceptors (Lipinski definition) is 3. The number of nitrogens with two attached hydrogens (primary N) is 1. The lowest BCUT2D eigenvalue weighted by atomic mass is 10.1. The standard InChI is InChI=1S/C10H19N3S/c1-10(2,11)8-14-7-5-9-4-6-12-13(9)3/h4,6H,5,7-8,11H2,1-3H3. The van der Waals surface area contributed by atoms with Crippen LogP contribution in [0.25, 0.3) is 0 Å². The fourth-order valence-corrected chi connectivity index (χ4v) is 2.18. The van der Waals surface area contributed by atoms with Crippen LogP contribution in [0.2, 0.25) is 0 Å². The molecule has 1 aromatic heterocycles. The van der Waals surface area contributed by atoms with E-state index in [4.69, 9.17) is 5.73 Å². The van der Waals surface area contributed by atoms with Crippen LogP contribution in [0.5, 0.6) is 0 Å². The molecule has 0 saturated carbocycles. The Morgan fingerprint density at radius 3 is 2.79 bits per heavy atom. The second-order valence-corrected chi connectivity index (χ2v) is 5.34. The molecular weight excluding hydrogens is 194 g/mol. The number of rotatable bonds is 5. The van der Waals surface area contributed by atoms with E-state index >= 15 is 0 Å². The first-order valence-electron chi connectivity index (χ1n) is 4.82. The lowest BCUT2D eigenvalue weighted by Gasteiger charge is -2.17. The Hall–Kier alpha value is -0.480. The molecule has 2 N–H and O–H groups in total. The van der Waals surface area contributed by atoms with E-state index in [1.54, 1.807) is 0 Å². The molecule has 0 unspecified atom stereocenters. The molecule has 80 valence electrons. The van der Waals surface area contributed by atoms with Gasteiger partial charge in [0.15, 0.2) is 0 Å². The number of hydrogen-bond donors (Lipinski definition) is 1. The lowest BCUT2D eigenvalue weighted by molar-refractivity contribution is 0.591. The summed E-state index contributed by atoms with van der Waals surface area (Å²) in [5.74, 6) is 2.12. The maximum Gasteiger partial charge on any atom is 0.0492 e. The first kappa shape index (κ1) is 11.6. The number of aryl methyl sites for hydroxylation is 2. The summed E-state index contributed by atoms with van der Waals surface area (Å²) in [7, 11) is 1.98. The van der Waals surface area contributed by atoms with Crippen LogP contribution in [-0.4, -0.2) is 26.8 Å². The first-order chi connectivity index (χ1) is 6.49. The van der Waals surface area contributed by atoms with Crippen molar-refractivity contribution in [1.29, 1.82) is 0 Å². The molecule has 14 heavy (non-hydrogen) atoms. The minimum Gasteiger partial charge on any atom is -0.325 e. The fourth-order valence-electron chi connectivity index (χ4n) is 1.16. The molecule has 0 saturated heterocycles. The van der Waals surface area contributed by atoms with Gasteiger partial charge in [0.2, 0.25) is 0 Å². The zero-order chi connectivity index (χ0) is 10.6. The molecule has 0 aliphatic carbocycles. The molecule has 0 radical (unpaired) electrons. The number of aromatic nitrogens is 2. The Kier molecular flexibility index (Phi) is 4.01. The first-order valence-corrected chi connectivity index (χ1v) is 5.98. The van der Waals surface area contributed by atoms with Gasteiger partial charge in [-0.15, -0.1) is 0 Å². The molecule has 0 aromatic carbocycles. The van der Waals surface area contributed by atoms with Crippen LogP contribution < -0.4 is 5.73 Å². The van der Waals surface area contributed by atoms with Gasteiger partial charge < -0.3 is 5.73 Å². The highest BCUT2D eigenvalue weighted by atomic mass is 32.2. The second kappa shape index (κ2) is 4.84. The molecule has 0 spiro atoms. The predicted octanol–water partition coefficient (Wildman–Crippen LogP) is 1.43. The minimum atomic E-state index is -0.0584. The van der Waals surface area contributed by atoms with Crippen LogP contribution in [0.1, 0.15) is 19.5 Å². The summed E-state index contributed by atoms with van der Waals surface area (Å²) in [6.45, 7) is 4.12. The lowest BCUT2D eigenvalue weighted by Crippen LogP contribution is -2.34. The summed E-state index contributed by atoms with van der Waals surface area (Å²) < 4.78 is 1.92. The molecule has 4 heteroatoms. The van der Waals surface area contributed by atoms with E-state index in [0.29, 0.717) is 0 Å². The second-order valence-electron chi connectivity index (χ2n) is 4.24. The maximum absolute atomic E-state index is 5.89. The summed E-state index contributed by atoms with van der Waals surface area (Å²) in [6, 6.07) is 2.06. The minimum absolute atomic E-state index is 0.0584. The molecular formula is C10H19N3S. The van der Waals surface area contributed by atoms with E-state index in [1.807, 2.05) is 29.7 Å². The smallest absolute Gasteiger partial charge is 0.0492 e. The largest absolute Gasteiger partial charge is 0.325 e. The number of nitrogens with zero attached hydrogens (tertiary/aromatic N) is 2. The normalized spacial score (nSPS) is 12.0. The molecule has 0 aliphatic rings. The average molecular weight is 213 g/mol. The van der Waals surface area contributed by atoms with Gasteiger partial charge in [0.25, 0.3) is 0 Å². The van der Waals surface area contributed by atoms with E-state index in [0.717, 1.165) is 17.9 Å². The molecule has 0 bridgehead atoms. The topological polar surface area (TPSA) is 43.8 Å². The van der Waals surface area contributed by atoms with E-state index in [1.165, 1.54) is 5.69 Å². The van der Waals surface area contributed by atoms with Gasteiger partial charge in [-0.05, 0) is 32.1 Å². The van der Waals surface area contributed by atoms with Crippen molar-refractivity contribution in [3.63, 3.8) is 0 Å². The molecule has 0 atom stereocenters. The van der Waals surface area contributed by atoms with E-state index in [2.05, 4.69) is 25.0 Å². The quantitative estimate of drug-likeness (QED) is 0.753. The maximum atomic E-state index is 5.89. The van der Waals surface area contributed by atoms with E-state index in [-0.39, 0.29) is 5.54 Å². The monoisotopic (exact) mass is 213 g/mol. The Bertz CT molecular complexity index is 275. The van der Waals surface area contributed by atoms with Gasteiger partial charge >= 0.3 is 0 Å². The molecule has 0 aliphatic heterocycles. The predicted molar refractivity (Wildman–Crippen MR) is 62.5 cm³/mol. The van der Waals surface area contributed by atoms with Gasteiger partial charge in [0.05, 0.1) is 0 Å². The highest BCUT2D eigenvalue weighted by Crippen LogP contribution is 2.11. The van der Waals surface area contributed by atoms with Crippen molar-refractivity contribution in [1.82, 2.24) is 9.78 Å². The number of thioether (sulfide) groups is 1. The van der Waals surface area contributed by atoms with Crippen LogP contribution >= 0.6 is 11.8 Å². The third-order valence-corrected chi connectivity index (χ3v) is 3.34. The third-order valence-electron chi connectivity index (χ3n) is 1.90. The van der Waals surface area contributed by atoms with Crippen molar-refractivity contribution in [2.75, 3.05) is 11.5 Å². The van der Waals surface area contributed by atoms with Crippen LogP contribution in [0.15, 0.2) is 12.3 Å². The molecule has 1 aromatic rings. The van der Waals surface area contributed by atoms with Crippen molar-refractivity contribution < 1.29 is 0 Å². The van der Waals surface area contributed by atoms with Crippen LogP contribution in [0.3, 0.4) is 0 Å². The summed E-state index contributed by atoms with van der Waals surface area (Å²) in [6.07, 6.45) is 2.91. The summed E-state index contributed by atoms with van der Waals surface area (Å²) >= 11 is 1.90. The highest BCUT2D eigenvalue weighted by Gasteiger charge is 2.09. The molecule has 0 fully saturated rings. The van der Waals surface area contributed by atoms with E-state index < -0.39 is 0 Å². The molecule has 1 rings (SSSR count). The van der Waals surface area contributed by atoms with Gasteiger partial charge in [-0.3, -0.25) is 4.68 Å². The Morgan fingerprint density at radius 1 is 1.57 bits per heavy atom. The summed E-state index contributed by atoms with van der Waals surface area (Å²) in [4.78, 5) is 0. The van der Waals surface area contributed by atoms with Gasteiger partial charge in [-0.25, -0.2) is 0 Å². The van der Waals surface area contributed by atoms with Crippen molar-refractivity contribution >= 4 is 11.8 Å². The summed E-state index contributed by atoms with van der Waals surface area (Å²) in [5, 5.41) is 4.13. The van der Waals surface area contributed by atoms with E-state index in [9.17, 15) is 0 Å². The fraction of sp³-hybridized carbons (Fsp3) is 0.700. The molecule has 3 nitrogen and oxygen atoms in total. The van der Waals surface area contributed by atoms with Gasteiger partial charge in [-0.2, -0.15) is 16.9 Å². The zero-order valence-corrected chi connectivity index (χ0v) is 9.97. The Labute approximate surface area is 90.1 Å².